The third-order valence-electron chi connectivity index (χ3n) is 3.27. The standard InChI is InChI=1S/C13H20N2/c1-2-12-9-13(15-12)7-3-5-11-6-4-8-14-10-11/h4,6,8,10,12-13,15H,2-3,5,7,9H2,1H3. The van der Waals surface area contributed by atoms with E-state index in [1.54, 1.807) is 0 Å². The molecule has 1 N–H and O–H groups in total. The molecule has 0 aromatic carbocycles. The largest absolute Gasteiger partial charge is 0.311 e. The topological polar surface area (TPSA) is 24.9 Å². The van der Waals surface area contributed by atoms with Gasteiger partial charge in [-0.2, -0.15) is 0 Å². The predicted molar refractivity (Wildman–Crippen MR) is 62.8 cm³/mol. The molecule has 2 heteroatoms. The second-order valence-electron chi connectivity index (χ2n) is 4.46. The van der Waals surface area contributed by atoms with E-state index in [4.69, 9.17) is 0 Å². The van der Waals surface area contributed by atoms with E-state index in [-0.39, 0.29) is 0 Å². The van der Waals surface area contributed by atoms with Gasteiger partial charge in [0, 0.05) is 24.5 Å². The van der Waals surface area contributed by atoms with Crippen LogP contribution in [0.1, 0.15) is 38.2 Å². The molecular formula is C13H20N2. The van der Waals surface area contributed by atoms with Crippen LogP contribution >= 0.6 is 0 Å². The summed E-state index contributed by atoms with van der Waals surface area (Å²) in [6, 6.07) is 5.76. The number of nitrogens with one attached hydrogen (secondary N) is 1. The molecule has 2 rings (SSSR count). The van der Waals surface area contributed by atoms with Crippen LogP contribution in [0.4, 0.5) is 0 Å². The van der Waals surface area contributed by atoms with E-state index in [2.05, 4.69) is 23.3 Å². The van der Waals surface area contributed by atoms with Crippen LogP contribution < -0.4 is 5.32 Å². The summed E-state index contributed by atoms with van der Waals surface area (Å²) < 4.78 is 0. The summed E-state index contributed by atoms with van der Waals surface area (Å²) in [6.45, 7) is 2.25. The number of hydrogen-bond acceptors (Lipinski definition) is 2. The van der Waals surface area contributed by atoms with Crippen LogP contribution in [0.15, 0.2) is 24.5 Å². The van der Waals surface area contributed by atoms with E-state index < -0.39 is 0 Å². The van der Waals surface area contributed by atoms with Crippen molar-refractivity contribution in [2.75, 3.05) is 0 Å². The number of hydrogen-bond donors (Lipinski definition) is 1. The molecule has 1 fully saturated rings. The van der Waals surface area contributed by atoms with E-state index >= 15 is 0 Å². The molecule has 0 aliphatic carbocycles. The number of aryl methyl sites for hydroxylation is 1. The van der Waals surface area contributed by atoms with Gasteiger partial charge in [0.2, 0.25) is 0 Å². The molecule has 2 nitrogen and oxygen atoms in total. The van der Waals surface area contributed by atoms with Crippen molar-refractivity contribution in [2.24, 2.45) is 0 Å². The summed E-state index contributed by atoms with van der Waals surface area (Å²) in [4.78, 5) is 4.13. The Morgan fingerprint density at radius 2 is 2.33 bits per heavy atom. The van der Waals surface area contributed by atoms with Crippen LogP contribution in [-0.4, -0.2) is 17.1 Å². The van der Waals surface area contributed by atoms with Crippen LogP contribution in [0, 0.1) is 0 Å². The Hall–Kier alpha value is -0.890. The van der Waals surface area contributed by atoms with Gasteiger partial charge in [-0.15, -0.1) is 0 Å². The summed E-state index contributed by atoms with van der Waals surface area (Å²) in [5.41, 5.74) is 1.36. The van der Waals surface area contributed by atoms with Gasteiger partial charge in [0.1, 0.15) is 0 Å². The second-order valence-corrected chi connectivity index (χ2v) is 4.46. The van der Waals surface area contributed by atoms with Gasteiger partial charge in [-0.25, -0.2) is 0 Å². The van der Waals surface area contributed by atoms with E-state index in [0.29, 0.717) is 0 Å². The van der Waals surface area contributed by atoms with E-state index in [0.717, 1.165) is 12.1 Å². The maximum Gasteiger partial charge on any atom is 0.0299 e. The molecule has 0 saturated carbocycles. The van der Waals surface area contributed by atoms with Gasteiger partial charge in [-0.3, -0.25) is 4.98 Å². The minimum absolute atomic E-state index is 0.784. The number of rotatable bonds is 5. The third kappa shape index (κ3) is 3.03. The van der Waals surface area contributed by atoms with Gasteiger partial charge in [-0.05, 0) is 43.7 Å². The molecule has 82 valence electrons. The number of pyridine rings is 1. The highest BCUT2D eigenvalue weighted by Crippen LogP contribution is 2.19. The smallest absolute Gasteiger partial charge is 0.0299 e. The highest BCUT2D eigenvalue weighted by molar-refractivity contribution is 5.08. The Morgan fingerprint density at radius 1 is 1.47 bits per heavy atom. The first-order valence-corrected chi connectivity index (χ1v) is 6.03. The zero-order valence-electron chi connectivity index (χ0n) is 9.45. The average Bonchev–Trinajstić information content (AvgIpc) is 2.23. The predicted octanol–water partition coefficient (Wildman–Crippen LogP) is 2.54. The molecule has 0 bridgehead atoms. The molecule has 15 heavy (non-hydrogen) atoms. The fourth-order valence-electron chi connectivity index (χ4n) is 2.24. The summed E-state index contributed by atoms with van der Waals surface area (Å²) in [5.74, 6) is 0. The van der Waals surface area contributed by atoms with Crippen molar-refractivity contribution >= 4 is 0 Å². The van der Waals surface area contributed by atoms with Crippen LogP contribution in [-0.2, 0) is 6.42 Å². The number of aromatic nitrogens is 1. The van der Waals surface area contributed by atoms with Crippen molar-refractivity contribution in [3.63, 3.8) is 0 Å². The highest BCUT2D eigenvalue weighted by Gasteiger charge is 2.25. The van der Waals surface area contributed by atoms with Gasteiger partial charge in [0.05, 0.1) is 0 Å². The molecule has 1 saturated heterocycles. The second kappa shape index (κ2) is 5.26. The zero-order valence-corrected chi connectivity index (χ0v) is 9.45. The fraction of sp³-hybridized carbons (Fsp3) is 0.615. The zero-order chi connectivity index (χ0) is 10.5. The van der Waals surface area contributed by atoms with Gasteiger partial charge in [0.25, 0.3) is 0 Å². The van der Waals surface area contributed by atoms with Crippen molar-refractivity contribution in [2.45, 2.75) is 51.1 Å². The van der Waals surface area contributed by atoms with Crippen molar-refractivity contribution < 1.29 is 0 Å². The summed E-state index contributed by atoms with van der Waals surface area (Å²) in [7, 11) is 0. The Morgan fingerprint density at radius 3 is 3.00 bits per heavy atom. The lowest BCUT2D eigenvalue weighted by Gasteiger charge is -2.37. The molecule has 1 aromatic heterocycles. The molecule has 0 radical (unpaired) electrons. The van der Waals surface area contributed by atoms with Crippen molar-refractivity contribution in [1.29, 1.82) is 0 Å². The lowest BCUT2D eigenvalue weighted by molar-refractivity contribution is 0.242. The number of nitrogens with zero attached hydrogens (tertiary/aromatic N) is 1. The quantitative estimate of drug-likeness (QED) is 0.797. The minimum Gasteiger partial charge on any atom is -0.311 e. The summed E-state index contributed by atoms with van der Waals surface area (Å²) >= 11 is 0. The van der Waals surface area contributed by atoms with Gasteiger partial charge >= 0.3 is 0 Å². The molecule has 0 spiro atoms. The monoisotopic (exact) mass is 204 g/mol. The van der Waals surface area contributed by atoms with Crippen molar-refractivity contribution in [3.8, 4) is 0 Å². The Labute approximate surface area is 92.1 Å². The van der Waals surface area contributed by atoms with E-state index in [9.17, 15) is 0 Å². The van der Waals surface area contributed by atoms with Crippen molar-refractivity contribution in [1.82, 2.24) is 10.3 Å². The molecule has 2 heterocycles. The first kappa shape index (κ1) is 10.6. The Balaban J connectivity index is 1.60. The summed E-state index contributed by atoms with van der Waals surface area (Å²) in [5, 5.41) is 3.60. The average molecular weight is 204 g/mol. The van der Waals surface area contributed by atoms with E-state index in [1.165, 1.54) is 37.7 Å². The minimum atomic E-state index is 0.784. The van der Waals surface area contributed by atoms with E-state index in [1.807, 2.05) is 18.5 Å². The molecule has 1 aliphatic heterocycles. The van der Waals surface area contributed by atoms with Gasteiger partial charge in [0.15, 0.2) is 0 Å². The lowest BCUT2D eigenvalue weighted by Crippen LogP contribution is -2.51. The lowest BCUT2D eigenvalue weighted by atomic mass is 9.91. The SMILES string of the molecule is CCC1CC(CCCc2cccnc2)N1. The van der Waals surface area contributed by atoms with Gasteiger partial charge < -0.3 is 5.32 Å². The van der Waals surface area contributed by atoms with Crippen LogP contribution in [0.5, 0.6) is 0 Å². The highest BCUT2D eigenvalue weighted by atomic mass is 15.0. The van der Waals surface area contributed by atoms with Crippen molar-refractivity contribution in [3.05, 3.63) is 30.1 Å². The Kier molecular flexibility index (Phi) is 3.73. The molecule has 2 unspecified atom stereocenters. The third-order valence-corrected chi connectivity index (χ3v) is 3.27. The first-order chi connectivity index (χ1) is 7.38. The fourth-order valence-corrected chi connectivity index (χ4v) is 2.24. The first-order valence-electron chi connectivity index (χ1n) is 6.03. The maximum atomic E-state index is 4.13. The normalized spacial score (nSPS) is 24.9. The van der Waals surface area contributed by atoms with Crippen LogP contribution in [0.25, 0.3) is 0 Å². The summed E-state index contributed by atoms with van der Waals surface area (Å²) in [6.07, 6.45) is 10.2. The Bertz CT molecular complexity index is 278. The molecule has 2 atom stereocenters. The molecule has 1 aliphatic rings. The van der Waals surface area contributed by atoms with Gasteiger partial charge in [-0.1, -0.05) is 13.0 Å². The van der Waals surface area contributed by atoms with Crippen LogP contribution in [0.3, 0.4) is 0 Å². The molecule has 1 aromatic rings. The molecular weight excluding hydrogens is 184 g/mol. The van der Waals surface area contributed by atoms with Crippen LogP contribution in [0.2, 0.25) is 0 Å². The maximum absolute atomic E-state index is 4.13. The molecule has 0 amide bonds.